The van der Waals surface area contributed by atoms with Crippen molar-refractivity contribution in [2.24, 2.45) is 0 Å². The van der Waals surface area contributed by atoms with E-state index in [2.05, 4.69) is 10.1 Å². The lowest BCUT2D eigenvalue weighted by atomic mass is 10.2. The van der Waals surface area contributed by atoms with Gasteiger partial charge in [0.15, 0.2) is 0 Å². The molecule has 22 heavy (non-hydrogen) atoms. The predicted octanol–water partition coefficient (Wildman–Crippen LogP) is 4.18. The number of rotatable bonds is 5. The molecule has 0 amide bonds. The minimum Gasteiger partial charge on any atom is -0.496 e. The van der Waals surface area contributed by atoms with Gasteiger partial charge in [0.1, 0.15) is 11.6 Å². The van der Waals surface area contributed by atoms with E-state index in [0.717, 1.165) is 10.5 Å². The normalized spacial score (nSPS) is 10.6. The highest BCUT2D eigenvalue weighted by Crippen LogP contribution is 2.28. The Labute approximate surface area is 131 Å². The second-order valence-electron chi connectivity index (χ2n) is 4.45. The second-order valence-corrected chi connectivity index (χ2v) is 5.50. The molecule has 0 aliphatic heterocycles. The molecular formula is C16H13FN2O2S. The third kappa shape index (κ3) is 3.28. The zero-order chi connectivity index (χ0) is 15.4. The first kappa shape index (κ1) is 14.6. The minimum absolute atomic E-state index is 0.249. The van der Waals surface area contributed by atoms with E-state index in [1.54, 1.807) is 19.2 Å². The molecule has 3 aromatic rings. The van der Waals surface area contributed by atoms with Crippen LogP contribution in [0.5, 0.6) is 5.75 Å². The molecule has 0 fully saturated rings. The van der Waals surface area contributed by atoms with E-state index < -0.39 is 0 Å². The van der Waals surface area contributed by atoms with E-state index >= 15 is 0 Å². The molecule has 0 N–H and O–H groups in total. The van der Waals surface area contributed by atoms with E-state index in [1.165, 1.54) is 23.9 Å². The molecule has 0 unspecified atom stereocenters. The van der Waals surface area contributed by atoms with Crippen LogP contribution in [-0.4, -0.2) is 17.3 Å². The van der Waals surface area contributed by atoms with Gasteiger partial charge in [-0.1, -0.05) is 17.3 Å². The van der Waals surface area contributed by atoms with E-state index in [9.17, 15) is 4.39 Å². The maximum atomic E-state index is 12.9. The first-order chi connectivity index (χ1) is 10.8. The topological polar surface area (TPSA) is 48.2 Å². The van der Waals surface area contributed by atoms with Gasteiger partial charge in [-0.15, -0.1) is 11.8 Å². The summed E-state index contributed by atoms with van der Waals surface area (Å²) in [6.45, 7) is 0. The molecule has 0 saturated heterocycles. The zero-order valence-electron chi connectivity index (χ0n) is 11.8. The first-order valence-corrected chi connectivity index (χ1v) is 7.59. The van der Waals surface area contributed by atoms with Crippen molar-refractivity contribution in [1.82, 2.24) is 10.1 Å². The highest BCUT2D eigenvalue weighted by Gasteiger charge is 2.12. The third-order valence-corrected chi connectivity index (χ3v) is 3.99. The molecule has 3 rings (SSSR count). The number of ether oxygens (including phenoxy) is 1. The van der Waals surface area contributed by atoms with Gasteiger partial charge in [0, 0.05) is 4.90 Å². The van der Waals surface area contributed by atoms with E-state index in [4.69, 9.17) is 9.26 Å². The number of nitrogens with zero attached hydrogens (tertiary/aromatic N) is 2. The Morgan fingerprint density at radius 1 is 1.14 bits per heavy atom. The molecule has 112 valence electrons. The quantitative estimate of drug-likeness (QED) is 0.661. The van der Waals surface area contributed by atoms with Crippen molar-refractivity contribution in [3.8, 4) is 17.1 Å². The Morgan fingerprint density at radius 3 is 2.68 bits per heavy atom. The standard InChI is InChI=1S/C16H13FN2O2S/c1-20-14-5-3-2-4-13(14)16-18-15(21-19-16)10-22-12-8-6-11(17)7-9-12/h2-9H,10H2,1H3. The van der Waals surface area contributed by atoms with Crippen molar-refractivity contribution in [2.45, 2.75) is 10.6 Å². The van der Waals surface area contributed by atoms with Crippen molar-refractivity contribution in [1.29, 1.82) is 0 Å². The van der Waals surface area contributed by atoms with Crippen LogP contribution >= 0.6 is 11.8 Å². The van der Waals surface area contributed by atoms with Crippen molar-refractivity contribution >= 4 is 11.8 Å². The number of benzene rings is 2. The molecular weight excluding hydrogens is 303 g/mol. The monoisotopic (exact) mass is 316 g/mol. The van der Waals surface area contributed by atoms with E-state index in [0.29, 0.717) is 23.2 Å². The molecule has 4 nitrogen and oxygen atoms in total. The molecule has 1 heterocycles. The van der Waals surface area contributed by atoms with Crippen molar-refractivity contribution in [3.63, 3.8) is 0 Å². The van der Waals surface area contributed by atoms with Crippen molar-refractivity contribution in [2.75, 3.05) is 7.11 Å². The Balaban J connectivity index is 1.72. The van der Waals surface area contributed by atoms with Gasteiger partial charge in [0.2, 0.25) is 11.7 Å². The molecule has 0 aliphatic carbocycles. The van der Waals surface area contributed by atoms with Gasteiger partial charge in [-0.3, -0.25) is 0 Å². The van der Waals surface area contributed by atoms with Gasteiger partial charge >= 0.3 is 0 Å². The maximum Gasteiger partial charge on any atom is 0.237 e. The highest BCUT2D eigenvalue weighted by atomic mass is 32.2. The summed E-state index contributed by atoms with van der Waals surface area (Å²) in [4.78, 5) is 5.31. The van der Waals surface area contributed by atoms with Gasteiger partial charge in [0.05, 0.1) is 18.4 Å². The van der Waals surface area contributed by atoms with Crippen LogP contribution in [0.1, 0.15) is 5.89 Å². The lowest BCUT2D eigenvalue weighted by Crippen LogP contribution is -1.89. The largest absolute Gasteiger partial charge is 0.496 e. The fourth-order valence-corrected chi connectivity index (χ4v) is 2.66. The molecule has 0 spiro atoms. The maximum absolute atomic E-state index is 12.9. The summed E-state index contributed by atoms with van der Waals surface area (Å²) in [5.41, 5.74) is 0.784. The molecule has 0 radical (unpaired) electrons. The van der Waals surface area contributed by atoms with Crippen LogP contribution in [0.2, 0.25) is 0 Å². The summed E-state index contributed by atoms with van der Waals surface area (Å²) in [6.07, 6.45) is 0. The predicted molar refractivity (Wildman–Crippen MR) is 82.2 cm³/mol. The smallest absolute Gasteiger partial charge is 0.237 e. The Bertz CT molecular complexity index is 759. The zero-order valence-corrected chi connectivity index (χ0v) is 12.6. The van der Waals surface area contributed by atoms with Gasteiger partial charge in [-0.05, 0) is 36.4 Å². The van der Waals surface area contributed by atoms with Gasteiger partial charge in [0.25, 0.3) is 0 Å². The number of para-hydroxylation sites is 1. The van der Waals surface area contributed by atoms with Crippen LogP contribution in [0.4, 0.5) is 4.39 Å². The Morgan fingerprint density at radius 2 is 1.91 bits per heavy atom. The van der Waals surface area contributed by atoms with Crippen LogP contribution in [0, 0.1) is 5.82 Å². The summed E-state index contributed by atoms with van der Waals surface area (Å²) in [5.74, 6) is 1.97. The summed E-state index contributed by atoms with van der Waals surface area (Å²) in [7, 11) is 1.60. The van der Waals surface area contributed by atoms with E-state index in [1.807, 2.05) is 24.3 Å². The van der Waals surface area contributed by atoms with Crippen LogP contribution in [0.15, 0.2) is 57.9 Å². The highest BCUT2D eigenvalue weighted by molar-refractivity contribution is 7.98. The lowest BCUT2D eigenvalue weighted by Gasteiger charge is -2.03. The number of methoxy groups -OCH3 is 1. The molecule has 0 aliphatic rings. The minimum atomic E-state index is -0.249. The summed E-state index contributed by atoms with van der Waals surface area (Å²) < 4.78 is 23.4. The fourth-order valence-electron chi connectivity index (χ4n) is 1.93. The average Bonchev–Trinajstić information content (AvgIpc) is 3.03. The summed E-state index contributed by atoms with van der Waals surface area (Å²) in [5, 5.41) is 3.98. The van der Waals surface area contributed by atoms with Crippen LogP contribution in [-0.2, 0) is 5.75 Å². The fraction of sp³-hybridized carbons (Fsp3) is 0.125. The Kier molecular flexibility index (Phi) is 4.39. The SMILES string of the molecule is COc1ccccc1-c1noc(CSc2ccc(F)cc2)n1. The number of aromatic nitrogens is 2. The number of thioether (sulfide) groups is 1. The van der Waals surface area contributed by atoms with E-state index in [-0.39, 0.29) is 5.82 Å². The van der Waals surface area contributed by atoms with Gasteiger partial charge < -0.3 is 9.26 Å². The number of halogens is 1. The number of hydrogen-bond acceptors (Lipinski definition) is 5. The average molecular weight is 316 g/mol. The third-order valence-electron chi connectivity index (χ3n) is 2.99. The molecule has 0 bridgehead atoms. The van der Waals surface area contributed by atoms with Crippen LogP contribution in [0.3, 0.4) is 0 Å². The summed E-state index contributed by atoms with van der Waals surface area (Å²) in [6, 6.07) is 13.8. The Hall–Kier alpha value is -2.34. The van der Waals surface area contributed by atoms with Gasteiger partial charge in [-0.2, -0.15) is 4.98 Å². The molecule has 1 aromatic heterocycles. The number of hydrogen-bond donors (Lipinski definition) is 0. The molecule has 0 atom stereocenters. The van der Waals surface area contributed by atoms with Crippen molar-refractivity contribution in [3.05, 3.63) is 60.2 Å². The van der Waals surface area contributed by atoms with Crippen molar-refractivity contribution < 1.29 is 13.7 Å². The molecule has 0 saturated carbocycles. The summed E-state index contributed by atoms with van der Waals surface area (Å²) >= 11 is 1.51. The molecule has 2 aromatic carbocycles. The lowest BCUT2D eigenvalue weighted by molar-refractivity contribution is 0.390. The van der Waals surface area contributed by atoms with Gasteiger partial charge in [-0.25, -0.2) is 4.39 Å². The first-order valence-electron chi connectivity index (χ1n) is 6.60. The van der Waals surface area contributed by atoms with Crippen LogP contribution < -0.4 is 4.74 Å². The second kappa shape index (κ2) is 6.62. The van der Waals surface area contributed by atoms with Crippen LogP contribution in [0.25, 0.3) is 11.4 Å². The molecule has 6 heteroatoms.